The minimum atomic E-state index is -3.67. The Kier molecular flexibility index (Phi) is 28.4. The molecule has 0 spiro atoms. The first kappa shape index (κ1) is 40.0. The van der Waals surface area contributed by atoms with Crippen LogP contribution in [0, 0.1) is 0 Å². The van der Waals surface area contributed by atoms with Gasteiger partial charge in [-0.25, -0.2) is 9.13 Å². The first-order chi connectivity index (χ1) is 19.8. The van der Waals surface area contributed by atoms with Gasteiger partial charge in [0.1, 0.15) is 18.5 Å². The summed E-state index contributed by atoms with van der Waals surface area (Å²) in [6.45, 7) is 9.12. The van der Waals surface area contributed by atoms with Gasteiger partial charge in [0.25, 0.3) is 10.1 Å². The third-order valence-corrected chi connectivity index (χ3v) is 6.93. The molecule has 0 aromatic carbocycles. The van der Waals surface area contributed by atoms with E-state index in [9.17, 15) is 8.42 Å². The van der Waals surface area contributed by atoms with Gasteiger partial charge in [0, 0.05) is 19.8 Å². The van der Waals surface area contributed by atoms with E-state index in [2.05, 4.69) is 41.8 Å². The predicted octanol–water partition coefficient (Wildman–Crippen LogP) is 7.30. The van der Waals surface area contributed by atoms with Crippen molar-refractivity contribution in [1.29, 1.82) is 0 Å². The third kappa shape index (κ3) is 33.4. The van der Waals surface area contributed by atoms with Crippen molar-refractivity contribution < 1.29 is 31.7 Å². The van der Waals surface area contributed by atoms with E-state index in [0.29, 0.717) is 26.1 Å². The van der Waals surface area contributed by atoms with Crippen LogP contribution in [0.4, 0.5) is 0 Å². The Morgan fingerprint density at radius 1 is 0.732 bits per heavy atom. The highest BCUT2D eigenvalue weighted by molar-refractivity contribution is 7.85. The molecule has 0 fully saturated rings. The molecule has 0 amide bonds. The fourth-order valence-electron chi connectivity index (χ4n) is 4.69. The Labute approximate surface area is 253 Å². The lowest BCUT2D eigenvalue weighted by Crippen LogP contribution is -2.26. The molecule has 0 aliphatic heterocycles. The van der Waals surface area contributed by atoms with Crippen molar-refractivity contribution in [2.24, 2.45) is 7.05 Å². The maximum Gasteiger partial charge on any atom is 0.261 e. The van der Waals surface area contributed by atoms with Crippen LogP contribution in [0.3, 0.4) is 0 Å². The zero-order valence-corrected chi connectivity index (χ0v) is 27.9. The predicted molar refractivity (Wildman–Crippen MR) is 169 cm³/mol. The molecule has 244 valence electrons. The number of aryl methyl sites for hydroxylation is 2. The average Bonchev–Trinajstić information content (AvgIpc) is 3.33. The van der Waals surface area contributed by atoms with Crippen LogP contribution in [0.1, 0.15) is 129 Å². The molecule has 9 heteroatoms. The van der Waals surface area contributed by atoms with Crippen molar-refractivity contribution in [2.45, 2.75) is 142 Å². The number of aromatic nitrogens is 2. The normalized spacial score (nSPS) is 12.3. The molecule has 1 unspecified atom stereocenters. The molecule has 0 saturated heterocycles. The molecule has 0 bridgehead atoms. The van der Waals surface area contributed by atoms with E-state index in [-0.39, 0.29) is 6.10 Å². The van der Waals surface area contributed by atoms with Crippen molar-refractivity contribution in [3.05, 3.63) is 18.7 Å². The van der Waals surface area contributed by atoms with Crippen molar-refractivity contribution >= 4 is 10.1 Å². The van der Waals surface area contributed by atoms with Gasteiger partial charge in [0.2, 0.25) is 6.33 Å². The summed E-state index contributed by atoms with van der Waals surface area (Å²) >= 11 is 0. The fourth-order valence-corrected chi connectivity index (χ4v) is 4.69. The number of ether oxygens (including phenoxy) is 3. The molecule has 0 saturated carbocycles. The van der Waals surface area contributed by atoms with Gasteiger partial charge in [-0.05, 0) is 32.6 Å². The molecule has 1 aromatic heterocycles. The summed E-state index contributed by atoms with van der Waals surface area (Å²) in [5.41, 5.74) is 0. The van der Waals surface area contributed by atoms with E-state index in [1.807, 2.05) is 6.92 Å². The molecular formula is C32H65N2O6S+. The molecule has 0 aliphatic rings. The van der Waals surface area contributed by atoms with Crippen molar-refractivity contribution in [3.8, 4) is 0 Å². The van der Waals surface area contributed by atoms with E-state index in [4.69, 9.17) is 18.8 Å². The van der Waals surface area contributed by atoms with Crippen molar-refractivity contribution in [1.82, 2.24) is 4.57 Å². The second-order valence-corrected chi connectivity index (χ2v) is 12.8. The summed E-state index contributed by atoms with van der Waals surface area (Å²) < 4.78 is 47.8. The van der Waals surface area contributed by atoms with Crippen LogP contribution >= 0.6 is 0 Å². The second kappa shape index (κ2) is 29.1. The minimum Gasteiger partial charge on any atom is -0.379 e. The number of rotatable bonds is 28. The summed E-state index contributed by atoms with van der Waals surface area (Å²) in [7, 11) is -1.60. The average molecular weight is 606 g/mol. The van der Waals surface area contributed by atoms with Gasteiger partial charge in [0.15, 0.2) is 0 Å². The minimum absolute atomic E-state index is 0.0659. The molecule has 0 aliphatic carbocycles. The first-order valence-corrected chi connectivity index (χ1v) is 18.3. The molecule has 1 atom stereocenters. The Morgan fingerprint density at radius 3 is 1.54 bits per heavy atom. The summed E-state index contributed by atoms with van der Waals surface area (Å²) in [6, 6.07) is 0. The molecular weight excluding hydrogens is 540 g/mol. The first-order valence-electron chi connectivity index (χ1n) is 16.5. The van der Waals surface area contributed by atoms with Gasteiger partial charge in [-0.3, -0.25) is 4.55 Å². The van der Waals surface area contributed by atoms with E-state index in [1.165, 1.54) is 109 Å². The quantitative estimate of drug-likeness (QED) is 0.0612. The molecule has 0 radical (unpaired) electrons. The number of nitrogens with zero attached hydrogens (tertiary/aromatic N) is 2. The molecule has 1 rings (SSSR count). The van der Waals surface area contributed by atoms with Crippen LogP contribution < -0.4 is 4.57 Å². The van der Waals surface area contributed by atoms with Crippen LogP contribution in [-0.4, -0.2) is 62.9 Å². The zero-order chi connectivity index (χ0) is 30.4. The van der Waals surface area contributed by atoms with Crippen molar-refractivity contribution in [2.75, 3.05) is 39.3 Å². The van der Waals surface area contributed by atoms with Crippen LogP contribution in [0.2, 0.25) is 0 Å². The molecule has 1 N–H and O–H groups in total. The maximum atomic E-state index is 9.19. The topological polar surface area (TPSA) is 90.9 Å². The molecule has 8 nitrogen and oxygen atoms in total. The number of hydrogen-bond acceptors (Lipinski definition) is 5. The lowest BCUT2D eigenvalue weighted by molar-refractivity contribution is -0.671. The van der Waals surface area contributed by atoms with Gasteiger partial charge < -0.3 is 14.2 Å². The molecule has 1 heterocycles. The van der Waals surface area contributed by atoms with Gasteiger partial charge in [0.05, 0.1) is 33.1 Å². The standard InChI is InChI=1S/C31H61N2O3.CH4O3S/c1-4-6-7-8-9-10-11-12-13-14-15-16-18-21-26-34-28-31(36-5-2)29-35-27-22-19-17-20-23-33-25-24-32(3)30-33;1-5(2,3)4/h24-25,30-31H,4-23,26-29H2,1-3H3;1H3,(H,2,3,4)/q+1;. The van der Waals surface area contributed by atoms with Crippen LogP contribution in [0.15, 0.2) is 18.7 Å². The third-order valence-electron chi connectivity index (χ3n) is 6.93. The highest BCUT2D eigenvalue weighted by Crippen LogP contribution is 2.13. The monoisotopic (exact) mass is 605 g/mol. The maximum absolute atomic E-state index is 9.19. The summed E-state index contributed by atoms with van der Waals surface area (Å²) in [5.74, 6) is 0. The Balaban J connectivity index is 0.00000292. The number of hydrogen-bond donors (Lipinski definition) is 1. The Bertz CT molecular complexity index is 764. The highest BCUT2D eigenvalue weighted by atomic mass is 32.2. The summed E-state index contributed by atoms with van der Waals surface area (Å²) in [6.07, 6.45) is 31.4. The lowest BCUT2D eigenvalue weighted by atomic mass is 10.0. The lowest BCUT2D eigenvalue weighted by Gasteiger charge is -2.17. The smallest absolute Gasteiger partial charge is 0.261 e. The number of imidazole rings is 1. The molecule has 41 heavy (non-hydrogen) atoms. The van der Waals surface area contributed by atoms with E-state index in [0.717, 1.165) is 26.2 Å². The second-order valence-electron chi connectivity index (χ2n) is 11.3. The number of unbranched alkanes of at least 4 members (excludes halogenated alkanes) is 16. The van der Waals surface area contributed by atoms with Crippen molar-refractivity contribution in [3.63, 3.8) is 0 Å². The van der Waals surface area contributed by atoms with Crippen LogP contribution in [0.5, 0.6) is 0 Å². The van der Waals surface area contributed by atoms with Gasteiger partial charge in [-0.2, -0.15) is 8.42 Å². The fraction of sp³-hybridized carbons (Fsp3) is 0.906. The van der Waals surface area contributed by atoms with E-state index in [1.54, 1.807) is 0 Å². The van der Waals surface area contributed by atoms with Gasteiger partial charge >= 0.3 is 0 Å². The Hall–Kier alpha value is -1.00. The highest BCUT2D eigenvalue weighted by Gasteiger charge is 2.09. The summed E-state index contributed by atoms with van der Waals surface area (Å²) in [5, 5.41) is 0. The van der Waals surface area contributed by atoms with E-state index >= 15 is 0 Å². The van der Waals surface area contributed by atoms with Crippen LogP contribution in [0.25, 0.3) is 0 Å². The largest absolute Gasteiger partial charge is 0.379 e. The summed E-state index contributed by atoms with van der Waals surface area (Å²) in [4.78, 5) is 0. The SMILES string of the molecule is CCCCCCCCCCCCCCCCOCC(COCCCCCCn1cc[n+](C)c1)OCC.CS(=O)(=O)O. The van der Waals surface area contributed by atoms with E-state index < -0.39 is 10.1 Å². The van der Waals surface area contributed by atoms with Gasteiger partial charge in [-0.15, -0.1) is 0 Å². The Morgan fingerprint density at radius 2 is 1.15 bits per heavy atom. The van der Waals surface area contributed by atoms with Gasteiger partial charge in [-0.1, -0.05) is 96.8 Å². The molecule has 1 aromatic rings. The van der Waals surface area contributed by atoms with Crippen LogP contribution in [-0.2, 0) is 37.9 Å². The zero-order valence-electron chi connectivity index (χ0n) is 27.1.